The number of hydrogen-bond donors (Lipinski definition) is 3. The molecule has 4 nitrogen and oxygen atoms in total. The van der Waals surface area contributed by atoms with Crippen molar-refractivity contribution in [2.24, 2.45) is 17.6 Å². The van der Waals surface area contributed by atoms with E-state index >= 15 is 0 Å². The van der Waals surface area contributed by atoms with E-state index in [1.54, 1.807) is 0 Å². The predicted octanol–water partition coefficient (Wildman–Crippen LogP) is 3.65. The topological polar surface area (TPSA) is 67.2 Å². The average molecular weight is 289 g/mol. The number of hydrogen-bond acceptors (Lipinski definition) is 2. The van der Waals surface area contributed by atoms with Gasteiger partial charge in [0.05, 0.1) is 0 Å². The second-order valence-electron chi connectivity index (χ2n) is 6.37. The molecule has 1 aliphatic rings. The Morgan fingerprint density at radius 1 is 1.24 bits per heavy atom. The van der Waals surface area contributed by atoms with Gasteiger partial charge in [-0.1, -0.05) is 31.9 Å². The molecule has 0 saturated heterocycles. The number of nitrogens with one attached hydrogen (secondary N) is 2. The van der Waals surface area contributed by atoms with Crippen LogP contribution in [-0.4, -0.2) is 12.6 Å². The molecule has 21 heavy (non-hydrogen) atoms. The molecule has 2 amide bonds. The van der Waals surface area contributed by atoms with Gasteiger partial charge in [0.25, 0.3) is 0 Å². The first-order valence-electron chi connectivity index (χ1n) is 7.94. The summed E-state index contributed by atoms with van der Waals surface area (Å²) in [6.45, 7) is 5.63. The van der Waals surface area contributed by atoms with E-state index < -0.39 is 6.03 Å². The summed E-state index contributed by atoms with van der Waals surface area (Å²) in [6.07, 6.45) is 5.44. The lowest BCUT2D eigenvalue weighted by atomic mass is 9.83. The van der Waals surface area contributed by atoms with Gasteiger partial charge in [0.1, 0.15) is 0 Å². The molecule has 116 valence electrons. The Labute approximate surface area is 127 Å². The molecule has 4 heteroatoms. The van der Waals surface area contributed by atoms with Crippen molar-refractivity contribution in [3.63, 3.8) is 0 Å². The standard InChI is InChI=1S/C17H27N3O/c1-12-3-5-14(6-4-12)11-19-13(2)15-7-9-16(10-8-15)20-17(18)21/h7-10,12-14,19H,3-6,11H2,1-2H3,(H3,18,20,21). The van der Waals surface area contributed by atoms with Crippen molar-refractivity contribution in [1.82, 2.24) is 5.32 Å². The number of urea groups is 1. The zero-order chi connectivity index (χ0) is 15.2. The fourth-order valence-corrected chi connectivity index (χ4v) is 2.99. The Kier molecular flexibility index (Phi) is 5.62. The van der Waals surface area contributed by atoms with E-state index in [-0.39, 0.29) is 0 Å². The van der Waals surface area contributed by atoms with Gasteiger partial charge < -0.3 is 16.4 Å². The van der Waals surface area contributed by atoms with Crippen molar-refractivity contribution in [3.8, 4) is 0 Å². The molecule has 0 bridgehead atoms. The average Bonchev–Trinajstić information content (AvgIpc) is 2.46. The first kappa shape index (κ1) is 15.8. The van der Waals surface area contributed by atoms with E-state index in [4.69, 9.17) is 5.73 Å². The maximum atomic E-state index is 10.8. The number of carbonyl (C=O) groups is 1. The minimum Gasteiger partial charge on any atom is -0.351 e. The minimum absolute atomic E-state index is 0.326. The summed E-state index contributed by atoms with van der Waals surface area (Å²) in [5.41, 5.74) is 7.07. The molecule has 1 aliphatic carbocycles. The normalized spacial score (nSPS) is 23.5. The van der Waals surface area contributed by atoms with Gasteiger partial charge in [-0.15, -0.1) is 0 Å². The fraction of sp³-hybridized carbons (Fsp3) is 0.588. The van der Waals surface area contributed by atoms with E-state index in [0.717, 1.165) is 24.1 Å². The Morgan fingerprint density at radius 3 is 2.43 bits per heavy atom. The molecule has 4 N–H and O–H groups in total. The van der Waals surface area contributed by atoms with Crippen molar-refractivity contribution >= 4 is 11.7 Å². The molecule has 2 rings (SSSR count). The Bertz CT molecular complexity index is 450. The molecule has 0 aliphatic heterocycles. The van der Waals surface area contributed by atoms with Crippen LogP contribution in [0, 0.1) is 11.8 Å². The summed E-state index contributed by atoms with van der Waals surface area (Å²) >= 11 is 0. The van der Waals surface area contributed by atoms with Gasteiger partial charge in [-0.05, 0) is 55.8 Å². The molecule has 0 radical (unpaired) electrons. The van der Waals surface area contributed by atoms with Crippen LogP contribution in [0.25, 0.3) is 0 Å². The zero-order valence-corrected chi connectivity index (χ0v) is 13.1. The number of carbonyl (C=O) groups excluding carboxylic acids is 1. The van der Waals surface area contributed by atoms with Crippen LogP contribution in [-0.2, 0) is 0 Å². The van der Waals surface area contributed by atoms with Gasteiger partial charge in [0, 0.05) is 11.7 Å². The summed E-state index contributed by atoms with van der Waals surface area (Å²) in [6, 6.07) is 7.64. The quantitative estimate of drug-likeness (QED) is 0.774. The summed E-state index contributed by atoms with van der Waals surface area (Å²) in [5, 5.41) is 6.21. The van der Waals surface area contributed by atoms with Crippen LogP contribution >= 0.6 is 0 Å². The van der Waals surface area contributed by atoms with Crippen LogP contribution in [0.5, 0.6) is 0 Å². The van der Waals surface area contributed by atoms with Crippen LogP contribution < -0.4 is 16.4 Å². The molecule has 1 aromatic rings. The lowest BCUT2D eigenvalue weighted by molar-refractivity contribution is 0.259. The monoisotopic (exact) mass is 289 g/mol. The van der Waals surface area contributed by atoms with Crippen molar-refractivity contribution in [2.75, 3.05) is 11.9 Å². The second kappa shape index (κ2) is 7.46. The molecule has 1 fully saturated rings. The Morgan fingerprint density at radius 2 is 1.86 bits per heavy atom. The van der Waals surface area contributed by atoms with Gasteiger partial charge in [0.2, 0.25) is 0 Å². The van der Waals surface area contributed by atoms with Crippen LogP contribution in [0.15, 0.2) is 24.3 Å². The van der Waals surface area contributed by atoms with Gasteiger partial charge in [-0.3, -0.25) is 0 Å². The smallest absolute Gasteiger partial charge is 0.316 e. The fourth-order valence-electron chi connectivity index (χ4n) is 2.99. The van der Waals surface area contributed by atoms with Gasteiger partial charge >= 0.3 is 6.03 Å². The highest BCUT2D eigenvalue weighted by Gasteiger charge is 2.18. The van der Waals surface area contributed by atoms with Crippen LogP contribution in [0.2, 0.25) is 0 Å². The lowest BCUT2D eigenvalue weighted by Crippen LogP contribution is -2.28. The highest BCUT2D eigenvalue weighted by molar-refractivity contribution is 5.87. The number of anilines is 1. The zero-order valence-electron chi connectivity index (χ0n) is 13.1. The summed E-state index contributed by atoms with van der Waals surface area (Å²) in [4.78, 5) is 10.8. The first-order chi connectivity index (χ1) is 10.0. The summed E-state index contributed by atoms with van der Waals surface area (Å²) in [5.74, 6) is 1.73. The van der Waals surface area contributed by atoms with Gasteiger partial charge in [-0.25, -0.2) is 4.79 Å². The maximum absolute atomic E-state index is 10.8. The number of rotatable bonds is 5. The van der Waals surface area contributed by atoms with Crippen molar-refractivity contribution in [3.05, 3.63) is 29.8 Å². The third-order valence-electron chi connectivity index (χ3n) is 4.53. The number of benzene rings is 1. The Balaban J connectivity index is 1.80. The highest BCUT2D eigenvalue weighted by atomic mass is 16.2. The summed E-state index contributed by atoms with van der Waals surface area (Å²) in [7, 11) is 0. The molecule has 1 unspecified atom stereocenters. The Hall–Kier alpha value is -1.55. The first-order valence-corrected chi connectivity index (χ1v) is 7.94. The molecular weight excluding hydrogens is 262 g/mol. The SMILES string of the molecule is CC1CCC(CNC(C)c2ccc(NC(N)=O)cc2)CC1. The van der Waals surface area contributed by atoms with Crippen LogP contribution in [0.3, 0.4) is 0 Å². The lowest BCUT2D eigenvalue weighted by Gasteiger charge is -2.27. The predicted molar refractivity (Wildman–Crippen MR) is 87.2 cm³/mol. The second-order valence-corrected chi connectivity index (χ2v) is 6.37. The number of amides is 2. The molecule has 1 atom stereocenters. The molecule has 0 spiro atoms. The van der Waals surface area contributed by atoms with E-state index in [1.807, 2.05) is 24.3 Å². The van der Waals surface area contributed by atoms with E-state index in [1.165, 1.54) is 31.2 Å². The summed E-state index contributed by atoms with van der Waals surface area (Å²) < 4.78 is 0. The van der Waals surface area contributed by atoms with Crippen molar-refractivity contribution < 1.29 is 4.79 Å². The third-order valence-corrected chi connectivity index (χ3v) is 4.53. The largest absolute Gasteiger partial charge is 0.351 e. The van der Waals surface area contributed by atoms with Gasteiger partial charge in [0.15, 0.2) is 0 Å². The van der Waals surface area contributed by atoms with Crippen LogP contribution in [0.4, 0.5) is 10.5 Å². The minimum atomic E-state index is -0.527. The number of nitrogens with two attached hydrogens (primary N) is 1. The highest BCUT2D eigenvalue weighted by Crippen LogP contribution is 2.28. The van der Waals surface area contributed by atoms with Gasteiger partial charge in [-0.2, -0.15) is 0 Å². The maximum Gasteiger partial charge on any atom is 0.316 e. The molecule has 1 aromatic carbocycles. The van der Waals surface area contributed by atoms with Crippen molar-refractivity contribution in [1.29, 1.82) is 0 Å². The number of primary amides is 1. The molecule has 1 saturated carbocycles. The van der Waals surface area contributed by atoms with Crippen molar-refractivity contribution in [2.45, 2.75) is 45.6 Å². The van der Waals surface area contributed by atoms with E-state index in [9.17, 15) is 4.79 Å². The van der Waals surface area contributed by atoms with E-state index in [0.29, 0.717) is 6.04 Å². The van der Waals surface area contributed by atoms with Crippen LogP contribution in [0.1, 0.15) is 51.1 Å². The molecular formula is C17H27N3O. The third kappa shape index (κ3) is 5.05. The molecule has 0 aromatic heterocycles. The van der Waals surface area contributed by atoms with E-state index in [2.05, 4.69) is 24.5 Å². The molecule has 0 heterocycles.